The van der Waals surface area contributed by atoms with E-state index >= 15 is 0 Å². The van der Waals surface area contributed by atoms with Crippen LogP contribution in [0.15, 0.2) is 47.4 Å². The Morgan fingerprint density at radius 3 is 2.53 bits per heavy atom. The maximum absolute atomic E-state index is 13.1. The third-order valence-electron chi connectivity index (χ3n) is 4.45. The Balaban J connectivity index is 1.63. The molecule has 3 rings (SSSR count). The summed E-state index contributed by atoms with van der Waals surface area (Å²) in [4.78, 5) is 24.5. The van der Waals surface area contributed by atoms with Crippen molar-refractivity contribution in [1.82, 2.24) is 4.31 Å². The second-order valence-corrected chi connectivity index (χ2v) is 9.24. The van der Waals surface area contributed by atoms with Gasteiger partial charge in [-0.25, -0.2) is 12.8 Å². The van der Waals surface area contributed by atoms with Crippen LogP contribution in [0.2, 0.25) is 10.0 Å². The van der Waals surface area contributed by atoms with E-state index < -0.39 is 40.4 Å². The summed E-state index contributed by atoms with van der Waals surface area (Å²) in [6.07, 6.45) is 0.751. The zero-order chi connectivity index (χ0) is 21.9. The molecule has 1 aliphatic heterocycles. The van der Waals surface area contributed by atoms with Crippen molar-refractivity contribution in [1.29, 1.82) is 0 Å². The minimum absolute atomic E-state index is 0.00861. The van der Waals surface area contributed by atoms with E-state index in [1.54, 1.807) is 0 Å². The van der Waals surface area contributed by atoms with Crippen LogP contribution in [0.5, 0.6) is 0 Å². The minimum Gasteiger partial charge on any atom is -0.454 e. The third-order valence-corrected chi connectivity index (χ3v) is 6.93. The van der Waals surface area contributed by atoms with Gasteiger partial charge in [-0.2, -0.15) is 4.31 Å². The Morgan fingerprint density at radius 2 is 1.87 bits per heavy atom. The maximum Gasteiger partial charge on any atom is 0.324 e. The number of nitrogens with zero attached hydrogens (tertiary/aromatic N) is 1. The lowest BCUT2D eigenvalue weighted by atomic mass is 10.2. The molecule has 0 bridgehead atoms. The first kappa shape index (κ1) is 22.5. The minimum atomic E-state index is -3.93. The van der Waals surface area contributed by atoms with Gasteiger partial charge in [0.15, 0.2) is 6.61 Å². The van der Waals surface area contributed by atoms with Crippen molar-refractivity contribution in [3.63, 3.8) is 0 Å². The van der Waals surface area contributed by atoms with Gasteiger partial charge < -0.3 is 10.1 Å². The van der Waals surface area contributed by atoms with E-state index in [2.05, 4.69) is 5.32 Å². The summed E-state index contributed by atoms with van der Waals surface area (Å²) < 4.78 is 44.8. The normalized spacial score (nSPS) is 17.0. The molecule has 1 atom stereocenters. The van der Waals surface area contributed by atoms with E-state index in [0.717, 1.165) is 16.4 Å². The smallest absolute Gasteiger partial charge is 0.324 e. The molecule has 1 N–H and O–H groups in total. The topological polar surface area (TPSA) is 92.8 Å². The van der Waals surface area contributed by atoms with Crippen molar-refractivity contribution in [2.24, 2.45) is 0 Å². The van der Waals surface area contributed by atoms with Gasteiger partial charge in [0.05, 0.1) is 15.6 Å². The second-order valence-electron chi connectivity index (χ2n) is 6.51. The molecule has 0 unspecified atom stereocenters. The number of halogens is 3. The number of anilines is 1. The summed E-state index contributed by atoms with van der Waals surface area (Å²) in [5.41, 5.74) is 0.159. The van der Waals surface area contributed by atoms with Crippen molar-refractivity contribution in [2.75, 3.05) is 18.5 Å². The number of esters is 1. The summed E-state index contributed by atoms with van der Waals surface area (Å²) >= 11 is 11.6. The van der Waals surface area contributed by atoms with Crippen LogP contribution in [0.4, 0.5) is 10.1 Å². The number of amides is 1. The zero-order valence-electron chi connectivity index (χ0n) is 15.5. The first-order valence-electron chi connectivity index (χ1n) is 8.87. The third kappa shape index (κ3) is 5.10. The maximum atomic E-state index is 13.1. The van der Waals surface area contributed by atoms with Gasteiger partial charge >= 0.3 is 5.97 Å². The summed E-state index contributed by atoms with van der Waals surface area (Å²) in [7, 11) is -3.93. The Morgan fingerprint density at radius 1 is 1.17 bits per heavy atom. The van der Waals surface area contributed by atoms with Crippen LogP contribution in [0, 0.1) is 5.82 Å². The molecule has 11 heteroatoms. The van der Waals surface area contributed by atoms with E-state index in [1.807, 2.05) is 0 Å². The van der Waals surface area contributed by atoms with E-state index in [0.29, 0.717) is 11.4 Å². The zero-order valence-corrected chi connectivity index (χ0v) is 17.8. The Hall–Kier alpha value is -2.20. The van der Waals surface area contributed by atoms with Crippen molar-refractivity contribution < 1.29 is 27.1 Å². The van der Waals surface area contributed by atoms with E-state index in [-0.39, 0.29) is 28.6 Å². The molecule has 2 aromatic carbocycles. The molecule has 0 saturated carbocycles. The van der Waals surface area contributed by atoms with Crippen LogP contribution >= 0.6 is 23.2 Å². The highest BCUT2D eigenvalue weighted by Gasteiger charge is 2.40. The highest BCUT2D eigenvalue weighted by molar-refractivity contribution is 7.89. The SMILES string of the molecule is O=C(COC(=O)[C@H]1CCCN1S(=O)(=O)c1ccc(Cl)cc1)Nc1ccc(F)cc1Cl. The molecule has 1 aliphatic rings. The van der Waals surface area contributed by atoms with E-state index in [9.17, 15) is 22.4 Å². The molecule has 7 nitrogen and oxygen atoms in total. The predicted molar refractivity (Wildman–Crippen MR) is 109 cm³/mol. The molecule has 1 saturated heterocycles. The fourth-order valence-corrected chi connectivity index (χ4v) is 5.00. The highest BCUT2D eigenvalue weighted by Crippen LogP contribution is 2.28. The predicted octanol–water partition coefficient (Wildman–Crippen LogP) is 3.47. The van der Waals surface area contributed by atoms with Gasteiger partial charge in [0.2, 0.25) is 10.0 Å². The first-order chi connectivity index (χ1) is 14.2. The molecule has 0 aromatic heterocycles. The molecule has 160 valence electrons. The molecule has 0 aliphatic carbocycles. The average molecular weight is 475 g/mol. The van der Waals surface area contributed by atoms with Gasteiger partial charge in [-0.05, 0) is 55.3 Å². The number of sulfonamides is 1. The number of hydrogen-bond acceptors (Lipinski definition) is 5. The fraction of sp³-hybridized carbons (Fsp3) is 0.263. The number of hydrogen-bond donors (Lipinski definition) is 1. The molecule has 1 fully saturated rings. The van der Waals surface area contributed by atoms with E-state index in [1.165, 1.54) is 30.3 Å². The lowest BCUT2D eigenvalue weighted by Crippen LogP contribution is -2.42. The average Bonchev–Trinajstić information content (AvgIpc) is 3.19. The molecule has 0 radical (unpaired) electrons. The Bertz CT molecular complexity index is 1060. The van der Waals surface area contributed by atoms with Crippen molar-refractivity contribution in [3.8, 4) is 0 Å². The number of carbonyl (C=O) groups excluding carboxylic acids is 2. The lowest BCUT2D eigenvalue weighted by Gasteiger charge is -2.22. The summed E-state index contributed by atoms with van der Waals surface area (Å²) in [5, 5.41) is 2.78. The van der Waals surface area contributed by atoms with Gasteiger partial charge in [-0.15, -0.1) is 0 Å². The molecule has 1 amide bonds. The number of benzene rings is 2. The van der Waals surface area contributed by atoms with Crippen LogP contribution < -0.4 is 5.32 Å². The number of carbonyl (C=O) groups is 2. The molecule has 0 spiro atoms. The number of nitrogens with one attached hydrogen (secondary N) is 1. The quantitative estimate of drug-likeness (QED) is 0.646. The van der Waals surface area contributed by atoms with Crippen LogP contribution in [0.25, 0.3) is 0 Å². The summed E-state index contributed by atoms with van der Waals surface area (Å²) in [6.45, 7) is -0.486. The molecule has 1 heterocycles. The molecule has 30 heavy (non-hydrogen) atoms. The van der Waals surface area contributed by atoms with Gasteiger partial charge in [0.25, 0.3) is 5.91 Å². The largest absolute Gasteiger partial charge is 0.454 e. The number of rotatable bonds is 6. The van der Waals surface area contributed by atoms with Crippen LogP contribution in [0.3, 0.4) is 0 Å². The van der Waals surface area contributed by atoms with E-state index in [4.69, 9.17) is 27.9 Å². The monoisotopic (exact) mass is 474 g/mol. The number of ether oxygens (including phenoxy) is 1. The van der Waals surface area contributed by atoms with Crippen molar-refractivity contribution >= 4 is 50.8 Å². The highest BCUT2D eigenvalue weighted by atomic mass is 35.5. The Kier molecular flexibility index (Phi) is 6.97. The van der Waals surface area contributed by atoms with Gasteiger partial charge in [-0.1, -0.05) is 23.2 Å². The van der Waals surface area contributed by atoms with Crippen LogP contribution in [0.1, 0.15) is 12.8 Å². The van der Waals surface area contributed by atoms with Gasteiger partial charge in [-0.3, -0.25) is 9.59 Å². The van der Waals surface area contributed by atoms with Crippen molar-refractivity contribution in [3.05, 3.63) is 58.3 Å². The standard InChI is InChI=1S/C19H17Cl2FN2O5S/c20-12-3-6-14(7-4-12)30(27,28)24-9-1-2-17(24)19(26)29-11-18(25)23-16-8-5-13(22)10-15(16)21/h3-8,10,17H,1-2,9,11H2,(H,23,25)/t17-/m1/s1. The Labute approximate surface area is 182 Å². The first-order valence-corrected chi connectivity index (χ1v) is 11.1. The fourth-order valence-electron chi connectivity index (χ4n) is 3.02. The molecular formula is C19H17Cl2FN2O5S. The van der Waals surface area contributed by atoms with Crippen LogP contribution in [-0.4, -0.2) is 43.8 Å². The van der Waals surface area contributed by atoms with Gasteiger partial charge in [0, 0.05) is 11.6 Å². The molecular weight excluding hydrogens is 458 g/mol. The van der Waals surface area contributed by atoms with Crippen LogP contribution in [-0.2, 0) is 24.3 Å². The summed E-state index contributed by atoms with van der Waals surface area (Å²) in [5.74, 6) is -2.08. The molecule has 2 aromatic rings. The second kappa shape index (κ2) is 9.30. The van der Waals surface area contributed by atoms with Gasteiger partial charge in [0.1, 0.15) is 11.9 Å². The summed E-state index contributed by atoms with van der Waals surface area (Å²) in [6, 6.07) is 8.00. The van der Waals surface area contributed by atoms with Crippen molar-refractivity contribution in [2.45, 2.75) is 23.8 Å². The lowest BCUT2D eigenvalue weighted by molar-refractivity contribution is -0.150.